The van der Waals surface area contributed by atoms with Crippen molar-refractivity contribution in [3.05, 3.63) is 83.9 Å². The van der Waals surface area contributed by atoms with E-state index in [1.165, 1.54) is 5.56 Å². The van der Waals surface area contributed by atoms with Gasteiger partial charge >= 0.3 is 0 Å². The predicted molar refractivity (Wildman–Crippen MR) is 125 cm³/mol. The molecule has 0 unspecified atom stereocenters. The molecule has 0 bridgehead atoms. The van der Waals surface area contributed by atoms with Gasteiger partial charge in [0.2, 0.25) is 0 Å². The number of hydrogen-bond donors (Lipinski definition) is 1. The summed E-state index contributed by atoms with van der Waals surface area (Å²) in [7, 11) is 0. The zero-order valence-corrected chi connectivity index (χ0v) is 17.7. The number of aromatic nitrogens is 2. The minimum Gasteiger partial charge on any atom is -0.507 e. The molecule has 5 nitrogen and oxygen atoms in total. The lowest BCUT2D eigenvalue weighted by molar-refractivity contribution is 0.249. The van der Waals surface area contributed by atoms with Gasteiger partial charge in [0, 0.05) is 38.1 Å². The van der Waals surface area contributed by atoms with Crippen LogP contribution in [0.5, 0.6) is 5.75 Å². The van der Waals surface area contributed by atoms with Gasteiger partial charge in [-0.25, -0.2) is 9.97 Å². The van der Waals surface area contributed by atoms with Gasteiger partial charge in [0.05, 0.1) is 11.1 Å². The molecule has 0 aliphatic carbocycles. The average molecular weight is 411 g/mol. The maximum Gasteiger partial charge on any atom is 0.165 e. The van der Waals surface area contributed by atoms with Crippen molar-refractivity contribution in [1.82, 2.24) is 14.9 Å². The number of nitrogens with zero attached hydrogens (tertiary/aromatic N) is 4. The first-order valence-electron chi connectivity index (χ1n) is 10.8. The second kappa shape index (κ2) is 8.36. The van der Waals surface area contributed by atoms with Crippen molar-refractivity contribution in [2.24, 2.45) is 0 Å². The van der Waals surface area contributed by atoms with Gasteiger partial charge in [0.1, 0.15) is 11.6 Å². The summed E-state index contributed by atoms with van der Waals surface area (Å²) in [6.45, 7) is 6.83. The van der Waals surface area contributed by atoms with E-state index >= 15 is 0 Å². The van der Waals surface area contributed by atoms with Crippen LogP contribution in [0.4, 0.5) is 5.82 Å². The predicted octanol–water partition coefficient (Wildman–Crippen LogP) is 4.63. The number of anilines is 1. The van der Waals surface area contributed by atoms with Crippen molar-refractivity contribution >= 4 is 16.7 Å². The van der Waals surface area contributed by atoms with E-state index in [-0.39, 0.29) is 5.75 Å². The van der Waals surface area contributed by atoms with Crippen LogP contribution in [0.3, 0.4) is 0 Å². The van der Waals surface area contributed by atoms with Gasteiger partial charge in [0.15, 0.2) is 5.82 Å². The standard InChI is InChI=1S/C26H26N4O/c1-19-11-12-21-23(17-19)27-25(22-9-5-6-10-24(22)31)28-26(21)30-15-13-29(14-16-30)18-20-7-3-2-4-8-20/h2-12,17,31H,13-16,18H2,1H3. The normalized spacial score (nSPS) is 14.8. The first kappa shape index (κ1) is 19.5. The van der Waals surface area contributed by atoms with Gasteiger partial charge in [-0.1, -0.05) is 48.5 Å². The SMILES string of the molecule is Cc1ccc2c(N3CCN(Cc4ccccc4)CC3)nc(-c3ccccc3O)nc2c1. The van der Waals surface area contributed by atoms with E-state index in [0.717, 1.165) is 55.0 Å². The van der Waals surface area contributed by atoms with E-state index in [2.05, 4.69) is 65.3 Å². The number of aromatic hydroxyl groups is 1. The minimum atomic E-state index is 0.202. The molecule has 3 aromatic carbocycles. The zero-order valence-electron chi connectivity index (χ0n) is 17.7. The second-order valence-electron chi connectivity index (χ2n) is 8.16. The molecule has 5 heteroatoms. The molecule has 5 rings (SSSR count). The molecule has 0 amide bonds. The largest absolute Gasteiger partial charge is 0.507 e. The average Bonchev–Trinajstić information content (AvgIpc) is 2.80. The highest BCUT2D eigenvalue weighted by atomic mass is 16.3. The smallest absolute Gasteiger partial charge is 0.165 e. The van der Waals surface area contributed by atoms with Crippen LogP contribution in [0, 0.1) is 6.92 Å². The fraction of sp³-hybridized carbons (Fsp3) is 0.231. The molecule has 2 heterocycles. The Morgan fingerprint density at radius 2 is 1.58 bits per heavy atom. The van der Waals surface area contributed by atoms with Gasteiger partial charge in [-0.15, -0.1) is 0 Å². The summed E-state index contributed by atoms with van der Waals surface area (Å²) >= 11 is 0. The summed E-state index contributed by atoms with van der Waals surface area (Å²) in [5.41, 5.74) is 4.08. The van der Waals surface area contributed by atoms with Crippen LogP contribution in [0.25, 0.3) is 22.3 Å². The molecule has 0 radical (unpaired) electrons. The summed E-state index contributed by atoms with van der Waals surface area (Å²) in [4.78, 5) is 14.6. The van der Waals surface area contributed by atoms with Gasteiger partial charge in [-0.2, -0.15) is 0 Å². The number of rotatable bonds is 4. The number of para-hydroxylation sites is 1. The number of phenols is 1. The highest BCUT2D eigenvalue weighted by Gasteiger charge is 2.22. The fourth-order valence-corrected chi connectivity index (χ4v) is 4.21. The van der Waals surface area contributed by atoms with Crippen LogP contribution in [-0.4, -0.2) is 46.2 Å². The molecule has 31 heavy (non-hydrogen) atoms. The van der Waals surface area contributed by atoms with Crippen molar-refractivity contribution in [1.29, 1.82) is 0 Å². The summed E-state index contributed by atoms with van der Waals surface area (Å²) in [6.07, 6.45) is 0. The Balaban J connectivity index is 1.46. The lowest BCUT2D eigenvalue weighted by Crippen LogP contribution is -2.46. The number of piperazine rings is 1. The van der Waals surface area contributed by atoms with Gasteiger partial charge < -0.3 is 10.0 Å². The number of phenolic OH excluding ortho intramolecular Hbond substituents is 1. The molecule has 1 aliphatic heterocycles. The Morgan fingerprint density at radius 3 is 2.35 bits per heavy atom. The highest BCUT2D eigenvalue weighted by molar-refractivity contribution is 5.92. The summed E-state index contributed by atoms with van der Waals surface area (Å²) in [5.74, 6) is 1.72. The van der Waals surface area contributed by atoms with Crippen LogP contribution >= 0.6 is 0 Å². The summed E-state index contributed by atoms with van der Waals surface area (Å²) < 4.78 is 0. The zero-order chi connectivity index (χ0) is 21.2. The summed E-state index contributed by atoms with van der Waals surface area (Å²) in [5, 5.41) is 11.4. The molecule has 1 aliphatic rings. The van der Waals surface area contributed by atoms with Crippen molar-refractivity contribution < 1.29 is 5.11 Å². The van der Waals surface area contributed by atoms with Crippen molar-refractivity contribution in [3.8, 4) is 17.1 Å². The highest BCUT2D eigenvalue weighted by Crippen LogP contribution is 2.32. The molecule has 0 saturated carbocycles. The maximum atomic E-state index is 10.4. The Kier molecular flexibility index (Phi) is 5.26. The third-order valence-corrected chi connectivity index (χ3v) is 5.90. The number of fused-ring (bicyclic) bond motifs is 1. The molecule has 0 spiro atoms. The molecular formula is C26H26N4O. The monoisotopic (exact) mass is 410 g/mol. The molecule has 1 N–H and O–H groups in total. The van der Waals surface area contributed by atoms with Crippen LogP contribution in [0.1, 0.15) is 11.1 Å². The Bertz CT molecular complexity index is 1200. The Labute approximate surface area is 182 Å². The van der Waals surface area contributed by atoms with E-state index in [4.69, 9.17) is 9.97 Å². The number of benzene rings is 3. The molecule has 1 aromatic heterocycles. The van der Waals surface area contributed by atoms with Crippen LogP contribution < -0.4 is 4.90 Å². The lowest BCUT2D eigenvalue weighted by atomic mass is 10.1. The van der Waals surface area contributed by atoms with E-state index < -0.39 is 0 Å². The van der Waals surface area contributed by atoms with Crippen LogP contribution in [-0.2, 0) is 6.54 Å². The lowest BCUT2D eigenvalue weighted by Gasteiger charge is -2.36. The number of aryl methyl sites for hydroxylation is 1. The Morgan fingerprint density at radius 1 is 0.839 bits per heavy atom. The topological polar surface area (TPSA) is 52.5 Å². The van der Waals surface area contributed by atoms with Gasteiger partial charge in [-0.05, 0) is 42.3 Å². The quantitative estimate of drug-likeness (QED) is 0.531. The maximum absolute atomic E-state index is 10.4. The molecule has 1 saturated heterocycles. The fourth-order valence-electron chi connectivity index (χ4n) is 4.21. The van der Waals surface area contributed by atoms with Gasteiger partial charge in [0.25, 0.3) is 0 Å². The molecule has 4 aromatic rings. The molecule has 0 atom stereocenters. The van der Waals surface area contributed by atoms with Crippen molar-refractivity contribution in [2.75, 3.05) is 31.1 Å². The van der Waals surface area contributed by atoms with Crippen molar-refractivity contribution in [2.45, 2.75) is 13.5 Å². The van der Waals surface area contributed by atoms with E-state index in [9.17, 15) is 5.11 Å². The van der Waals surface area contributed by atoms with Crippen molar-refractivity contribution in [3.63, 3.8) is 0 Å². The van der Waals surface area contributed by atoms with E-state index in [1.807, 2.05) is 18.2 Å². The van der Waals surface area contributed by atoms with E-state index in [1.54, 1.807) is 6.07 Å². The third-order valence-electron chi connectivity index (χ3n) is 5.90. The Hall–Kier alpha value is -3.44. The van der Waals surface area contributed by atoms with Crippen LogP contribution in [0.2, 0.25) is 0 Å². The minimum absolute atomic E-state index is 0.202. The molecule has 1 fully saturated rings. The second-order valence-corrected chi connectivity index (χ2v) is 8.16. The van der Waals surface area contributed by atoms with Crippen LogP contribution in [0.15, 0.2) is 72.8 Å². The number of hydrogen-bond acceptors (Lipinski definition) is 5. The molecule has 156 valence electrons. The van der Waals surface area contributed by atoms with E-state index in [0.29, 0.717) is 11.4 Å². The van der Waals surface area contributed by atoms with Gasteiger partial charge in [-0.3, -0.25) is 4.90 Å². The molecular weight excluding hydrogens is 384 g/mol. The third kappa shape index (κ3) is 4.09. The summed E-state index contributed by atoms with van der Waals surface area (Å²) in [6, 6.07) is 24.2. The first-order chi connectivity index (χ1) is 15.2. The first-order valence-corrected chi connectivity index (χ1v) is 10.8.